The summed E-state index contributed by atoms with van der Waals surface area (Å²) in [6, 6.07) is 11.9. The number of aromatic nitrogens is 1. The largest absolute Gasteiger partial charge is 0.455 e. The van der Waals surface area contributed by atoms with Crippen LogP contribution in [0.15, 0.2) is 42.6 Å². The van der Waals surface area contributed by atoms with Crippen LogP contribution in [0, 0.1) is 0 Å². The maximum absolute atomic E-state index is 5.96. The van der Waals surface area contributed by atoms with Crippen molar-refractivity contribution in [1.82, 2.24) is 4.98 Å². The lowest BCUT2D eigenvalue weighted by molar-refractivity contribution is 0.469. The second-order valence-corrected chi connectivity index (χ2v) is 5.23. The number of pyridine rings is 1. The van der Waals surface area contributed by atoms with Crippen molar-refractivity contribution < 1.29 is 4.74 Å². The molecule has 0 unspecified atom stereocenters. The predicted molar refractivity (Wildman–Crippen MR) is 82.1 cm³/mol. The Balaban J connectivity index is 2.18. The molecule has 0 bridgehead atoms. The summed E-state index contributed by atoms with van der Waals surface area (Å²) in [5.41, 5.74) is 8.05. The molecule has 0 saturated heterocycles. The molecule has 1 heterocycles. The Morgan fingerprint density at radius 3 is 2.50 bits per heavy atom. The van der Waals surface area contributed by atoms with Crippen LogP contribution in [0.5, 0.6) is 11.5 Å². The molecule has 1 atom stereocenters. The highest BCUT2D eigenvalue weighted by molar-refractivity contribution is 5.39. The molecule has 0 fully saturated rings. The van der Waals surface area contributed by atoms with Crippen molar-refractivity contribution in [3.05, 3.63) is 53.9 Å². The van der Waals surface area contributed by atoms with Crippen molar-refractivity contribution in [2.45, 2.75) is 39.2 Å². The molecule has 0 spiro atoms. The SMILES string of the molecule is CC[C@@H](N)c1ccc(Oc2ccccc2C(C)C)cn1. The molecule has 20 heavy (non-hydrogen) atoms. The molecule has 3 nitrogen and oxygen atoms in total. The fraction of sp³-hybridized carbons (Fsp3) is 0.353. The smallest absolute Gasteiger partial charge is 0.145 e. The van der Waals surface area contributed by atoms with Crippen LogP contribution in [0.3, 0.4) is 0 Å². The third-order valence-corrected chi connectivity index (χ3v) is 3.35. The van der Waals surface area contributed by atoms with Gasteiger partial charge in [0.05, 0.1) is 11.9 Å². The Kier molecular flexibility index (Phi) is 4.74. The molecular formula is C17H22N2O. The Labute approximate surface area is 120 Å². The molecule has 2 aromatic rings. The zero-order valence-electron chi connectivity index (χ0n) is 12.3. The first-order valence-electron chi connectivity index (χ1n) is 7.10. The summed E-state index contributed by atoms with van der Waals surface area (Å²) in [6.07, 6.45) is 2.62. The number of hydrogen-bond donors (Lipinski definition) is 1. The van der Waals surface area contributed by atoms with Gasteiger partial charge in [-0.15, -0.1) is 0 Å². The summed E-state index contributed by atoms with van der Waals surface area (Å²) >= 11 is 0. The first-order valence-corrected chi connectivity index (χ1v) is 7.10. The average Bonchev–Trinajstić information content (AvgIpc) is 2.47. The second kappa shape index (κ2) is 6.53. The van der Waals surface area contributed by atoms with Crippen LogP contribution < -0.4 is 10.5 Å². The summed E-state index contributed by atoms with van der Waals surface area (Å²) < 4.78 is 5.94. The lowest BCUT2D eigenvalue weighted by atomic mass is 10.0. The molecule has 1 aromatic heterocycles. The predicted octanol–water partition coefficient (Wildman–Crippen LogP) is 4.41. The van der Waals surface area contributed by atoms with Crippen LogP contribution in [0.4, 0.5) is 0 Å². The number of para-hydroxylation sites is 1. The second-order valence-electron chi connectivity index (χ2n) is 5.23. The average molecular weight is 270 g/mol. The molecule has 2 N–H and O–H groups in total. The molecule has 0 aliphatic carbocycles. The number of hydrogen-bond acceptors (Lipinski definition) is 3. The van der Waals surface area contributed by atoms with Crippen LogP contribution in [0.25, 0.3) is 0 Å². The van der Waals surface area contributed by atoms with E-state index < -0.39 is 0 Å². The molecule has 0 aliphatic heterocycles. The van der Waals surface area contributed by atoms with Crippen molar-refractivity contribution in [2.75, 3.05) is 0 Å². The van der Waals surface area contributed by atoms with E-state index in [1.165, 1.54) is 5.56 Å². The monoisotopic (exact) mass is 270 g/mol. The fourth-order valence-electron chi connectivity index (χ4n) is 2.06. The molecule has 2 rings (SSSR count). The Morgan fingerprint density at radius 1 is 1.15 bits per heavy atom. The minimum absolute atomic E-state index is 0.00741. The van der Waals surface area contributed by atoms with Gasteiger partial charge in [0, 0.05) is 6.04 Å². The van der Waals surface area contributed by atoms with Crippen LogP contribution in [-0.2, 0) is 0 Å². The summed E-state index contributed by atoms with van der Waals surface area (Å²) in [4.78, 5) is 4.37. The van der Waals surface area contributed by atoms with Crippen LogP contribution in [0.1, 0.15) is 50.4 Å². The van der Waals surface area contributed by atoms with Gasteiger partial charge in [-0.1, -0.05) is 39.0 Å². The van der Waals surface area contributed by atoms with E-state index >= 15 is 0 Å². The van der Waals surface area contributed by atoms with Crippen molar-refractivity contribution in [1.29, 1.82) is 0 Å². The van der Waals surface area contributed by atoms with Crippen molar-refractivity contribution in [2.24, 2.45) is 5.73 Å². The van der Waals surface area contributed by atoms with Crippen LogP contribution >= 0.6 is 0 Å². The van der Waals surface area contributed by atoms with Crippen molar-refractivity contribution in [3.8, 4) is 11.5 Å². The van der Waals surface area contributed by atoms with E-state index in [2.05, 4.69) is 31.8 Å². The number of benzene rings is 1. The van der Waals surface area contributed by atoms with Gasteiger partial charge in [-0.25, -0.2) is 0 Å². The molecule has 0 radical (unpaired) electrons. The number of nitrogens with zero attached hydrogens (tertiary/aromatic N) is 1. The van der Waals surface area contributed by atoms with Crippen molar-refractivity contribution >= 4 is 0 Å². The molecule has 3 heteroatoms. The van der Waals surface area contributed by atoms with E-state index in [0.717, 1.165) is 23.6 Å². The zero-order chi connectivity index (χ0) is 14.5. The fourth-order valence-corrected chi connectivity index (χ4v) is 2.06. The lowest BCUT2D eigenvalue weighted by Gasteiger charge is -2.14. The third kappa shape index (κ3) is 3.36. The molecule has 106 valence electrons. The normalized spacial score (nSPS) is 12.4. The topological polar surface area (TPSA) is 48.1 Å². The summed E-state index contributed by atoms with van der Waals surface area (Å²) in [5.74, 6) is 2.05. The highest BCUT2D eigenvalue weighted by Crippen LogP contribution is 2.30. The Bertz CT molecular complexity index is 549. The zero-order valence-corrected chi connectivity index (χ0v) is 12.3. The molecule has 0 aliphatic rings. The van der Waals surface area contributed by atoms with E-state index in [0.29, 0.717) is 5.92 Å². The van der Waals surface area contributed by atoms with Gasteiger partial charge in [0.1, 0.15) is 11.5 Å². The van der Waals surface area contributed by atoms with E-state index in [4.69, 9.17) is 10.5 Å². The number of rotatable bonds is 5. The van der Waals surface area contributed by atoms with Gasteiger partial charge >= 0.3 is 0 Å². The minimum atomic E-state index is -0.00741. The van der Waals surface area contributed by atoms with Gasteiger partial charge in [-0.3, -0.25) is 4.98 Å². The molecule has 1 aromatic carbocycles. The lowest BCUT2D eigenvalue weighted by Crippen LogP contribution is -2.10. The van der Waals surface area contributed by atoms with Crippen LogP contribution in [-0.4, -0.2) is 4.98 Å². The maximum Gasteiger partial charge on any atom is 0.145 e. The van der Waals surface area contributed by atoms with E-state index in [1.54, 1.807) is 6.20 Å². The van der Waals surface area contributed by atoms with Crippen molar-refractivity contribution in [3.63, 3.8) is 0 Å². The van der Waals surface area contributed by atoms with E-state index in [1.807, 2.05) is 30.3 Å². The summed E-state index contributed by atoms with van der Waals surface area (Å²) in [5, 5.41) is 0. The Hall–Kier alpha value is -1.87. The van der Waals surface area contributed by atoms with Gasteiger partial charge in [0.2, 0.25) is 0 Å². The third-order valence-electron chi connectivity index (χ3n) is 3.35. The Morgan fingerprint density at radius 2 is 1.90 bits per heavy atom. The number of nitrogens with two attached hydrogens (primary N) is 1. The van der Waals surface area contributed by atoms with Gasteiger partial charge in [0.15, 0.2) is 0 Å². The van der Waals surface area contributed by atoms with Gasteiger partial charge in [0.25, 0.3) is 0 Å². The minimum Gasteiger partial charge on any atom is -0.455 e. The standard InChI is InChI=1S/C17H22N2O/c1-4-15(18)16-10-9-13(11-19-16)20-17-8-6-5-7-14(17)12(2)3/h5-12,15H,4,18H2,1-3H3/t15-/m1/s1. The van der Waals surface area contributed by atoms with Gasteiger partial charge < -0.3 is 10.5 Å². The molecular weight excluding hydrogens is 248 g/mol. The number of ether oxygens (including phenoxy) is 1. The van der Waals surface area contributed by atoms with E-state index in [-0.39, 0.29) is 6.04 Å². The quantitative estimate of drug-likeness (QED) is 0.875. The molecule has 0 saturated carbocycles. The highest BCUT2D eigenvalue weighted by Gasteiger charge is 2.09. The van der Waals surface area contributed by atoms with E-state index in [9.17, 15) is 0 Å². The van der Waals surface area contributed by atoms with Gasteiger partial charge in [-0.2, -0.15) is 0 Å². The first-order chi connectivity index (χ1) is 9.61. The highest BCUT2D eigenvalue weighted by atomic mass is 16.5. The first kappa shape index (κ1) is 14.5. The summed E-state index contributed by atoms with van der Waals surface area (Å²) in [6.45, 7) is 6.36. The summed E-state index contributed by atoms with van der Waals surface area (Å²) in [7, 11) is 0. The maximum atomic E-state index is 5.96. The molecule has 0 amide bonds. The van der Waals surface area contributed by atoms with Crippen LogP contribution in [0.2, 0.25) is 0 Å². The van der Waals surface area contributed by atoms with Gasteiger partial charge in [-0.05, 0) is 36.1 Å².